The average Bonchev–Trinajstić information content (AvgIpc) is 3.43. The minimum Gasteiger partial charge on any atom is -0.493 e. The van der Waals surface area contributed by atoms with Crippen LogP contribution in [-0.2, 0) is 11.2 Å². The van der Waals surface area contributed by atoms with Crippen molar-refractivity contribution in [1.29, 1.82) is 0 Å². The van der Waals surface area contributed by atoms with Crippen molar-refractivity contribution < 1.29 is 23.0 Å². The highest BCUT2D eigenvalue weighted by Gasteiger charge is 2.29. The highest BCUT2D eigenvalue weighted by Crippen LogP contribution is 2.26. The maximum Gasteiger partial charge on any atom is 0.260 e. The van der Waals surface area contributed by atoms with E-state index in [1.54, 1.807) is 17.0 Å². The minimum absolute atomic E-state index is 0.0818. The van der Waals surface area contributed by atoms with Gasteiger partial charge in [-0.2, -0.15) is 5.10 Å². The predicted octanol–water partition coefficient (Wildman–Crippen LogP) is 3.70. The van der Waals surface area contributed by atoms with E-state index < -0.39 is 0 Å². The lowest BCUT2D eigenvalue weighted by Crippen LogP contribution is -2.32. The van der Waals surface area contributed by atoms with Crippen molar-refractivity contribution in [2.75, 3.05) is 26.3 Å². The molecule has 0 saturated carbocycles. The molecule has 1 saturated heterocycles. The van der Waals surface area contributed by atoms with E-state index in [1.807, 2.05) is 6.07 Å². The first-order chi connectivity index (χ1) is 15.1. The molecule has 1 atom stereocenters. The topological polar surface area (TPSA) is 67.4 Å². The van der Waals surface area contributed by atoms with Crippen molar-refractivity contribution in [3.63, 3.8) is 0 Å². The van der Waals surface area contributed by atoms with Crippen molar-refractivity contribution in [2.24, 2.45) is 0 Å². The molecule has 8 heteroatoms. The number of amides is 1. The van der Waals surface area contributed by atoms with Gasteiger partial charge in [0.15, 0.2) is 6.61 Å². The zero-order chi connectivity index (χ0) is 21.6. The third kappa shape index (κ3) is 5.59. The Morgan fingerprint density at radius 3 is 2.71 bits per heavy atom. The molecule has 1 fully saturated rings. The molecule has 1 unspecified atom stereocenters. The van der Waals surface area contributed by atoms with E-state index in [1.165, 1.54) is 36.4 Å². The number of nitrogens with one attached hydrogen (secondary N) is 1. The summed E-state index contributed by atoms with van der Waals surface area (Å²) >= 11 is 0. The number of aromatic amines is 1. The molecule has 3 aromatic rings. The van der Waals surface area contributed by atoms with Gasteiger partial charge in [0.25, 0.3) is 5.91 Å². The summed E-state index contributed by atoms with van der Waals surface area (Å²) in [5.74, 6) is 0.329. The number of carbonyl (C=O) groups is 1. The first-order valence-corrected chi connectivity index (χ1v) is 10.2. The second kappa shape index (κ2) is 9.59. The molecule has 1 aliphatic heterocycles. The Kier molecular flexibility index (Phi) is 6.45. The summed E-state index contributed by atoms with van der Waals surface area (Å²) in [5, 5.41) is 7.40. The number of ether oxygens (including phenoxy) is 2. The molecule has 4 rings (SSSR count). The Labute approximate surface area is 178 Å². The van der Waals surface area contributed by atoms with E-state index in [-0.39, 0.29) is 30.1 Å². The van der Waals surface area contributed by atoms with Crippen LogP contribution in [0.1, 0.15) is 23.7 Å². The highest BCUT2D eigenvalue weighted by molar-refractivity contribution is 5.78. The van der Waals surface area contributed by atoms with Crippen LogP contribution in [0.25, 0.3) is 0 Å². The molecular weight excluding hydrogens is 404 g/mol. The predicted molar refractivity (Wildman–Crippen MR) is 110 cm³/mol. The maximum absolute atomic E-state index is 13.2. The first kappa shape index (κ1) is 20.8. The molecule has 0 bridgehead atoms. The van der Waals surface area contributed by atoms with E-state index in [4.69, 9.17) is 9.47 Å². The van der Waals surface area contributed by atoms with Crippen LogP contribution in [0.5, 0.6) is 11.5 Å². The molecule has 0 radical (unpaired) electrons. The molecule has 1 N–H and O–H groups in total. The summed E-state index contributed by atoms with van der Waals surface area (Å²) in [5.41, 5.74) is 1.84. The van der Waals surface area contributed by atoms with Crippen molar-refractivity contribution in [1.82, 2.24) is 15.1 Å². The summed E-state index contributed by atoms with van der Waals surface area (Å²) in [6, 6.07) is 13.6. The smallest absolute Gasteiger partial charge is 0.260 e. The minimum atomic E-state index is -0.347. The molecule has 1 amide bonds. The Hall–Kier alpha value is -3.42. The first-order valence-electron chi connectivity index (χ1n) is 10.2. The quantitative estimate of drug-likeness (QED) is 0.595. The number of likely N-dealkylation sites (tertiary alicyclic amines) is 1. The van der Waals surface area contributed by atoms with Gasteiger partial charge in [0.05, 0.1) is 12.3 Å². The van der Waals surface area contributed by atoms with E-state index in [0.29, 0.717) is 37.6 Å². The van der Waals surface area contributed by atoms with Gasteiger partial charge in [0.1, 0.15) is 23.1 Å². The van der Waals surface area contributed by atoms with E-state index in [0.717, 1.165) is 17.8 Å². The largest absolute Gasteiger partial charge is 0.493 e. The standard InChI is InChI=1S/C23H23F2N3O3/c24-17-4-6-20(7-5-17)31-15-23(29)28-10-8-16(14-28)22-13-19(26-27-22)9-11-30-21-3-1-2-18(25)12-21/h1-7,12-13,16H,8-11,14-15H2,(H,26,27). The van der Waals surface area contributed by atoms with E-state index in [9.17, 15) is 13.6 Å². The zero-order valence-corrected chi connectivity index (χ0v) is 16.9. The van der Waals surface area contributed by atoms with Crippen LogP contribution in [0.15, 0.2) is 54.6 Å². The number of benzene rings is 2. The lowest BCUT2D eigenvalue weighted by atomic mass is 10.0. The fourth-order valence-electron chi connectivity index (χ4n) is 3.55. The Morgan fingerprint density at radius 2 is 1.90 bits per heavy atom. The Morgan fingerprint density at radius 1 is 1.06 bits per heavy atom. The number of carbonyl (C=O) groups excluding carboxylic acids is 1. The van der Waals surface area contributed by atoms with Crippen LogP contribution in [-0.4, -0.2) is 47.3 Å². The average molecular weight is 427 g/mol. The van der Waals surface area contributed by atoms with Gasteiger partial charge in [-0.15, -0.1) is 0 Å². The molecule has 31 heavy (non-hydrogen) atoms. The Bertz CT molecular complexity index is 1020. The monoisotopic (exact) mass is 427 g/mol. The van der Waals surface area contributed by atoms with E-state index in [2.05, 4.69) is 10.2 Å². The molecule has 1 aromatic heterocycles. The highest BCUT2D eigenvalue weighted by atomic mass is 19.1. The number of hydrogen-bond donors (Lipinski definition) is 1. The molecule has 162 valence electrons. The number of H-pyrrole nitrogens is 1. The molecule has 0 aliphatic carbocycles. The fourth-order valence-corrected chi connectivity index (χ4v) is 3.55. The lowest BCUT2D eigenvalue weighted by Gasteiger charge is -2.16. The normalized spacial score (nSPS) is 15.8. The fraction of sp³-hybridized carbons (Fsp3) is 0.304. The van der Waals surface area contributed by atoms with Crippen molar-refractivity contribution in [2.45, 2.75) is 18.8 Å². The van der Waals surface area contributed by atoms with Crippen LogP contribution in [0.2, 0.25) is 0 Å². The third-order valence-corrected chi connectivity index (χ3v) is 5.22. The number of halogens is 2. The summed E-state index contributed by atoms with van der Waals surface area (Å²) < 4.78 is 37.1. The molecule has 2 heterocycles. The molecular formula is C23H23F2N3O3. The number of aromatic nitrogens is 2. The van der Waals surface area contributed by atoms with Crippen LogP contribution >= 0.6 is 0 Å². The summed E-state index contributed by atoms with van der Waals surface area (Å²) in [6.07, 6.45) is 1.44. The van der Waals surface area contributed by atoms with Crippen LogP contribution < -0.4 is 9.47 Å². The van der Waals surface area contributed by atoms with Gasteiger partial charge in [-0.3, -0.25) is 9.89 Å². The number of rotatable bonds is 8. The van der Waals surface area contributed by atoms with Gasteiger partial charge >= 0.3 is 0 Å². The van der Waals surface area contributed by atoms with Gasteiger partial charge < -0.3 is 14.4 Å². The molecule has 2 aromatic carbocycles. The van der Waals surface area contributed by atoms with Gasteiger partial charge in [-0.1, -0.05) is 6.07 Å². The molecule has 0 spiro atoms. The second-order valence-electron chi connectivity index (χ2n) is 7.44. The SMILES string of the molecule is O=C(COc1ccc(F)cc1)N1CCC(c2cc(CCOc3cccc(F)c3)[nH]n2)C1. The van der Waals surface area contributed by atoms with Crippen LogP contribution in [0.3, 0.4) is 0 Å². The van der Waals surface area contributed by atoms with Crippen molar-refractivity contribution >= 4 is 5.91 Å². The summed E-state index contributed by atoms with van der Waals surface area (Å²) in [7, 11) is 0. The second-order valence-corrected chi connectivity index (χ2v) is 7.44. The lowest BCUT2D eigenvalue weighted by molar-refractivity contribution is -0.132. The number of hydrogen-bond acceptors (Lipinski definition) is 4. The Balaban J connectivity index is 1.23. The van der Waals surface area contributed by atoms with Crippen molar-refractivity contribution in [3.05, 3.63) is 77.6 Å². The summed E-state index contributed by atoms with van der Waals surface area (Å²) in [4.78, 5) is 14.2. The van der Waals surface area contributed by atoms with Crippen LogP contribution in [0, 0.1) is 11.6 Å². The van der Waals surface area contributed by atoms with Gasteiger partial charge in [0.2, 0.25) is 0 Å². The van der Waals surface area contributed by atoms with E-state index >= 15 is 0 Å². The zero-order valence-electron chi connectivity index (χ0n) is 16.9. The third-order valence-electron chi connectivity index (χ3n) is 5.22. The summed E-state index contributed by atoms with van der Waals surface area (Å²) in [6.45, 7) is 1.54. The molecule has 1 aliphatic rings. The molecule has 6 nitrogen and oxygen atoms in total. The number of nitrogens with zero attached hydrogens (tertiary/aromatic N) is 2. The van der Waals surface area contributed by atoms with Crippen LogP contribution in [0.4, 0.5) is 8.78 Å². The van der Waals surface area contributed by atoms with Gasteiger partial charge in [0, 0.05) is 37.2 Å². The van der Waals surface area contributed by atoms with Gasteiger partial charge in [-0.05, 0) is 48.9 Å². The van der Waals surface area contributed by atoms with Gasteiger partial charge in [-0.25, -0.2) is 8.78 Å². The maximum atomic E-state index is 13.2. The van der Waals surface area contributed by atoms with Crippen molar-refractivity contribution in [3.8, 4) is 11.5 Å².